The molecule has 1 amide bonds. The van der Waals surface area contributed by atoms with Gasteiger partial charge in [0.05, 0.1) is 16.2 Å². The highest BCUT2D eigenvalue weighted by molar-refractivity contribution is 5.94. The average molecular weight is 360 g/mol. The van der Waals surface area contributed by atoms with Gasteiger partial charge >= 0.3 is 5.97 Å². The molecule has 0 aliphatic carbocycles. The number of nitrogens with one attached hydrogen (secondary N) is 1. The minimum Gasteiger partial charge on any atom is -0.456 e. The Labute approximate surface area is 148 Å². The molecule has 26 heavy (non-hydrogen) atoms. The number of hydrogen-bond donors (Lipinski definition) is 1. The second kappa shape index (κ2) is 8.70. The molecule has 0 spiro atoms. The zero-order valence-electron chi connectivity index (χ0n) is 14.0. The molecule has 136 valence electrons. The standard InChI is InChI=1S/C18H17FN2O5/c1-12-15(3-2-4-16(12)21(24)25)20-17(22)11-26-18(23)10-7-13-5-8-14(19)9-6-13/h2-6,8-9H,7,10-11H2,1H3,(H,20,22). The number of rotatable bonds is 7. The molecule has 0 unspecified atom stereocenters. The molecule has 0 atom stereocenters. The van der Waals surface area contributed by atoms with Crippen LogP contribution in [0.1, 0.15) is 17.5 Å². The van der Waals surface area contributed by atoms with Gasteiger partial charge in [-0.15, -0.1) is 0 Å². The van der Waals surface area contributed by atoms with Gasteiger partial charge in [0.2, 0.25) is 0 Å². The highest BCUT2D eigenvalue weighted by atomic mass is 19.1. The lowest BCUT2D eigenvalue weighted by atomic mass is 10.1. The largest absolute Gasteiger partial charge is 0.456 e. The molecule has 2 rings (SSSR count). The third-order valence-electron chi connectivity index (χ3n) is 3.67. The molecule has 2 aromatic carbocycles. The Hall–Kier alpha value is -3.29. The molecule has 0 aromatic heterocycles. The molecule has 1 N–H and O–H groups in total. The summed E-state index contributed by atoms with van der Waals surface area (Å²) >= 11 is 0. The van der Waals surface area contributed by atoms with Gasteiger partial charge in [0.25, 0.3) is 11.6 Å². The Morgan fingerprint density at radius 2 is 1.88 bits per heavy atom. The molecule has 0 radical (unpaired) electrons. The fourth-order valence-corrected chi connectivity index (χ4v) is 2.26. The van der Waals surface area contributed by atoms with Crippen molar-refractivity contribution in [3.63, 3.8) is 0 Å². The second-order valence-electron chi connectivity index (χ2n) is 5.54. The maximum atomic E-state index is 12.8. The summed E-state index contributed by atoms with van der Waals surface area (Å²) < 4.78 is 17.7. The Balaban J connectivity index is 1.81. The lowest BCUT2D eigenvalue weighted by Gasteiger charge is -2.09. The van der Waals surface area contributed by atoms with Crippen molar-refractivity contribution in [3.05, 3.63) is 69.5 Å². The van der Waals surface area contributed by atoms with Gasteiger partial charge in [-0.3, -0.25) is 19.7 Å². The summed E-state index contributed by atoms with van der Waals surface area (Å²) in [4.78, 5) is 33.9. The smallest absolute Gasteiger partial charge is 0.306 e. The van der Waals surface area contributed by atoms with Crippen LogP contribution in [0.2, 0.25) is 0 Å². The van der Waals surface area contributed by atoms with Crippen LogP contribution in [0.15, 0.2) is 42.5 Å². The number of aryl methyl sites for hydroxylation is 1. The van der Waals surface area contributed by atoms with E-state index in [0.717, 1.165) is 5.56 Å². The van der Waals surface area contributed by atoms with Crippen LogP contribution in [0.4, 0.5) is 15.8 Å². The zero-order valence-corrected chi connectivity index (χ0v) is 14.0. The molecule has 0 bridgehead atoms. The van der Waals surface area contributed by atoms with Crippen LogP contribution >= 0.6 is 0 Å². The molecule has 0 aliphatic rings. The second-order valence-corrected chi connectivity index (χ2v) is 5.54. The summed E-state index contributed by atoms with van der Waals surface area (Å²) in [6, 6.07) is 10.1. The van der Waals surface area contributed by atoms with Gasteiger partial charge < -0.3 is 10.1 Å². The van der Waals surface area contributed by atoms with Crippen LogP contribution in [0, 0.1) is 22.9 Å². The number of benzene rings is 2. The molecule has 0 aliphatic heterocycles. The summed E-state index contributed by atoms with van der Waals surface area (Å²) in [6.07, 6.45) is 0.416. The van der Waals surface area contributed by atoms with Gasteiger partial charge in [-0.25, -0.2) is 4.39 Å². The SMILES string of the molecule is Cc1c(NC(=O)COC(=O)CCc2ccc(F)cc2)cccc1[N+](=O)[O-]. The van der Waals surface area contributed by atoms with Gasteiger partial charge in [-0.1, -0.05) is 18.2 Å². The van der Waals surface area contributed by atoms with Crippen LogP contribution in [0.5, 0.6) is 0 Å². The molecule has 0 saturated heterocycles. The topological polar surface area (TPSA) is 98.5 Å². The van der Waals surface area contributed by atoms with Gasteiger partial charge in [-0.2, -0.15) is 0 Å². The van der Waals surface area contributed by atoms with Gasteiger partial charge in [0.1, 0.15) is 5.82 Å². The quantitative estimate of drug-likeness (QED) is 0.465. The first-order chi connectivity index (χ1) is 12.4. The fourth-order valence-electron chi connectivity index (χ4n) is 2.26. The summed E-state index contributed by atoms with van der Waals surface area (Å²) in [7, 11) is 0. The van der Waals surface area contributed by atoms with E-state index in [1.165, 1.54) is 37.3 Å². The molecule has 0 fully saturated rings. The maximum Gasteiger partial charge on any atom is 0.306 e. The minimum atomic E-state index is -0.594. The number of esters is 1. The van der Waals surface area contributed by atoms with E-state index in [1.807, 2.05) is 0 Å². The van der Waals surface area contributed by atoms with Crippen molar-refractivity contribution in [2.45, 2.75) is 19.8 Å². The first-order valence-electron chi connectivity index (χ1n) is 7.80. The van der Waals surface area contributed by atoms with E-state index >= 15 is 0 Å². The number of hydrogen-bond acceptors (Lipinski definition) is 5. The van der Waals surface area contributed by atoms with E-state index in [2.05, 4.69) is 5.32 Å². The summed E-state index contributed by atoms with van der Waals surface area (Å²) in [5, 5.41) is 13.4. The molecule has 0 heterocycles. The number of ether oxygens (including phenoxy) is 1. The van der Waals surface area contributed by atoms with E-state index in [9.17, 15) is 24.1 Å². The summed E-state index contributed by atoms with van der Waals surface area (Å²) in [6.45, 7) is 1.02. The lowest BCUT2D eigenvalue weighted by Crippen LogP contribution is -2.21. The number of nitrogens with zero attached hydrogens (tertiary/aromatic N) is 1. The number of anilines is 1. The predicted octanol–water partition coefficient (Wildman–Crippen LogP) is 3.16. The van der Waals surface area contributed by atoms with Crippen molar-refractivity contribution in [2.24, 2.45) is 0 Å². The number of carbonyl (C=O) groups excluding carboxylic acids is 2. The minimum absolute atomic E-state index is 0.0503. The number of nitro benzene ring substituents is 1. The first kappa shape index (κ1) is 19.0. The Kier molecular flexibility index (Phi) is 6.37. The van der Waals surface area contributed by atoms with Crippen molar-refractivity contribution in [3.8, 4) is 0 Å². The Morgan fingerprint density at radius 1 is 1.19 bits per heavy atom. The highest BCUT2D eigenvalue weighted by Gasteiger charge is 2.15. The Bertz CT molecular complexity index is 821. The highest BCUT2D eigenvalue weighted by Crippen LogP contribution is 2.24. The predicted molar refractivity (Wildman–Crippen MR) is 92.1 cm³/mol. The van der Waals surface area contributed by atoms with Crippen molar-refractivity contribution in [1.82, 2.24) is 0 Å². The van der Waals surface area contributed by atoms with Crippen LogP contribution in [0.3, 0.4) is 0 Å². The van der Waals surface area contributed by atoms with Gasteiger partial charge in [-0.05, 0) is 37.1 Å². The van der Waals surface area contributed by atoms with E-state index in [4.69, 9.17) is 4.74 Å². The molecule has 7 nitrogen and oxygen atoms in total. The molecule has 8 heteroatoms. The van der Waals surface area contributed by atoms with Crippen molar-refractivity contribution < 1.29 is 23.6 Å². The molecule has 0 saturated carbocycles. The number of amides is 1. The van der Waals surface area contributed by atoms with Crippen LogP contribution in [0.25, 0.3) is 0 Å². The van der Waals surface area contributed by atoms with Gasteiger partial charge in [0, 0.05) is 12.5 Å². The van der Waals surface area contributed by atoms with Crippen LogP contribution in [-0.2, 0) is 20.7 Å². The van der Waals surface area contributed by atoms with Crippen LogP contribution < -0.4 is 5.32 Å². The monoisotopic (exact) mass is 360 g/mol. The summed E-state index contributed by atoms with van der Waals surface area (Å²) in [5.74, 6) is -1.52. The number of nitro groups is 1. The Morgan fingerprint density at radius 3 is 2.54 bits per heavy atom. The first-order valence-corrected chi connectivity index (χ1v) is 7.80. The van der Waals surface area contributed by atoms with Crippen LogP contribution in [-0.4, -0.2) is 23.4 Å². The zero-order chi connectivity index (χ0) is 19.1. The van der Waals surface area contributed by atoms with Crippen molar-refractivity contribution >= 4 is 23.3 Å². The lowest BCUT2D eigenvalue weighted by molar-refractivity contribution is -0.385. The van der Waals surface area contributed by atoms with E-state index in [0.29, 0.717) is 12.0 Å². The third kappa shape index (κ3) is 5.37. The molecule has 2 aromatic rings. The fraction of sp³-hybridized carbons (Fsp3) is 0.222. The van der Waals surface area contributed by atoms with E-state index in [1.54, 1.807) is 12.1 Å². The number of halogens is 1. The summed E-state index contributed by atoms with van der Waals surface area (Å²) in [5.41, 5.74) is 1.26. The normalized spacial score (nSPS) is 10.2. The van der Waals surface area contributed by atoms with Crippen molar-refractivity contribution in [2.75, 3.05) is 11.9 Å². The third-order valence-corrected chi connectivity index (χ3v) is 3.67. The van der Waals surface area contributed by atoms with E-state index < -0.39 is 23.4 Å². The average Bonchev–Trinajstić information content (AvgIpc) is 2.61. The van der Waals surface area contributed by atoms with E-state index in [-0.39, 0.29) is 23.6 Å². The van der Waals surface area contributed by atoms with Gasteiger partial charge in [0.15, 0.2) is 6.61 Å². The van der Waals surface area contributed by atoms with Crippen molar-refractivity contribution in [1.29, 1.82) is 0 Å². The maximum absolute atomic E-state index is 12.8. The number of carbonyl (C=O) groups is 2. The molecular formula is C18H17FN2O5. The molecular weight excluding hydrogens is 343 g/mol.